The topological polar surface area (TPSA) is 36.9 Å². The first-order valence-corrected chi connectivity index (χ1v) is 7.99. The molecule has 118 valence electrons. The molecule has 1 N–H and O–H groups in total. The Morgan fingerprint density at radius 2 is 2.15 bits per heavy atom. The zero-order valence-electron chi connectivity index (χ0n) is 14.0. The van der Waals surface area contributed by atoms with E-state index in [4.69, 9.17) is 9.73 Å². The van der Waals surface area contributed by atoms with Gasteiger partial charge < -0.3 is 15.0 Å². The number of aliphatic imine (C=N–C) groups is 1. The van der Waals surface area contributed by atoms with E-state index >= 15 is 0 Å². The Kier molecular flexibility index (Phi) is 7.35. The monoisotopic (exact) mass is 283 g/mol. The summed E-state index contributed by atoms with van der Waals surface area (Å²) in [5.41, 5.74) is 0.404. The van der Waals surface area contributed by atoms with E-state index in [0.717, 1.165) is 45.2 Å². The van der Waals surface area contributed by atoms with Crippen molar-refractivity contribution in [3.8, 4) is 0 Å². The van der Waals surface area contributed by atoms with Crippen LogP contribution in [0.3, 0.4) is 0 Å². The Hall–Kier alpha value is -0.770. The molecule has 0 aromatic carbocycles. The minimum absolute atomic E-state index is 0.404. The van der Waals surface area contributed by atoms with Gasteiger partial charge in [-0.3, -0.25) is 4.99 Å². The van der Waals surface area contributed by atoms with E-state index in [9.17, 15) is 0 Å². The predicted octanol–water partition coefficient (Wildman–Crippen LogP) is 2.75. The number of nitrogens with zero attached hydrogens (tertiary/aromatic N) is 2. The first-order chi connectivity index (χ1) is 9.42. The number of hydrogen-bond donors (Lipinski definition) is 1. The molecule has 0 radical (unpaired) electrons. The second kappa shape index (κ2) is 8.50. The van der Waals surface area contributed by atoms with E-state index in [1.807, 2.05) is 0 Å². The molecule has 0 bridgehead atoms. The lowest BCUT2D eigenvalue weighted by Gasteiger charge is -2.24. The SMILES string of the molecule is CCNC(=NCCCC(C)(C)C)N(C)CC1CCOC1. The summed E-state index contributed by atoms with van der Waals surface area (Å²) in [6, 6.07) is 0. The molecular formula is C16H33N3O. The summed E-state index contributed by atoms with van der Waals surface area (Å²) in [6.45, 7) is 13.7. The second-order valence-electron chi connectivity index (χ2n) is 7.01. The molecule has 0 aromatic rings. The van der Waals surface area contributed by atoms with Crippen LogP contribution < -0.4 is 5.32 Å². The average molecular weight is 283 g/mol. The molecule has 0 spiro atoms. The summed E-state index contributed by atoms with van der Waals surface area (Å²) in [5.74, 6) is 1.69. The quantitative estimate of drug-likeness (QED) is 0.463. The Labute approximate surface area is 125 Å². The summed E-state index contributed by atoms with van der Waals surface area (Å²) in [5, 5.41) is 3.39. The van der Waals surface area contributed by atoms with E-state index in [0.29, 0.717) is 11.3 Å². The molecule has 0 saturated carbocycles. The van der Waals surface area contributed by atoms with Gasteiger partial charge in [-0.2, -0.15) is 0 Å². The summed E-state index contributed by atoms with van der Waals surface area (Å²) >= 11 is 0. The smallest absolute Gasteiger partial charge is 0.193 e. The molecule has 0 aromatic heterocycles. The summed E-state index contributed by atoms with van der Waals surface area (Å²) in [6.07, 6.45) is 3.54. The fourth-order valence-electron chi connectivity index (χ4n) is 2.47. The Balaban J connectivity index is 2.40. The molecule has 1 aliphatic heterocycles. The van der Waals surface area contributed by atoms with Gasteiger partial charge in [0.05, 0.1) is 6.61 Å². The summed E-state index contributed by atoms with van der Waals surface area (Å²) in [7, 11) is 2.13. The van der Waals surface area contributed by atoms with Gasteiger partial charge in [-0.1, -0.05) is 20.8 Å². The van der Waals surface area contributed by atoms with Gasteiger partial charge in [-0.05, 0) is 31.6 Å². The second-order valence-corrected chi connectivity index (χ2v) is 7.01. The van der Waals surface area contributed by atoms with E-state index < -0.39 is 0 Å². The summed E-state index contributed by atoms with van der Waals surface area (Å²) in [4.78, 5) is 7.00. The highest BCUT2D eigenvalue weighted by Crippen LogP contribution is 2.20. The normalized spacial score (nSPS) is 20.2. The van der Waals surface area contributed by atoms with E-state index in [1.165, 1.54) is 12.8 Å². The van der Waals surface area contributed by atoms with Gasteiger partial charge in [0, 0.05) is 39.2 Å². The molecule has 1 rings (SSSR count). The minimum Gasteiger partial charge on any atom is -0.381 e. The average Bonchev–Trinajstić information content (AvgIpc) is 2.84. The van der Waals surface area contributed by atoms with Gasteiger partial charge >= 0.3 is 0 Å². The van der Waals surface area contributed by atoms with Crippen molar-refractivity contribution in [2.75, 3.05) is 39.9 Å². The van der Waals surface area contributed by atoms with Crippen molar-refractivity contribution in [1.29, 1.82) is 0 Å². The standard InChI is InChI=1S/C16H33N3O/c1-6-17-15(18-10-7-9-16(2,3)4)19(5)12-14-8-11-20-13-14/h14H,6-13H2,1-5H3,(H,17,18). The van der Waals surface area contributed by atoms with Crippen molar-refractivity contribution in [2.45, 2.75) is 47.0 Å². The number of ether oxygens (including phenoxy) is 1. The molecule has 4 nitrogen and oxygen atoms in total. The maximum Gasteiger partial charge on any atom is 0.193 e. The van der Waals surface area contributed by atoms with Gasteiger partial charge in [-0.15, -0.1) is 0 Å². The Bertz CT molecular complexity index is 291. The first kappa shape index (κ1) is 17.3. The molecule has 4 heteroatoms. The fourth-order valence-corrected chi connectivity index (χ4v) is 2.47. The largest absolute Gasteiger partial charge is 0.381 e. The highest BCUT2D eigenvalue weighted by atomic mass is 16.5. The highest BCUT2D eigenvalue weighted by molar-refractivity contribution is 5.79. The van der Waals surface area contributed by atoms with E-state index in [-0.39, 0.29) is 0 Å². The van der Waals surface area contributed by atoms with Crippen LogP contribution in [-0.4, -0.2) is 50.8 Å². The van der Waals surface area contributed by atoms with Crippen LogP contribution in [0.15, 0.2) is 4.99 Å². The van der Waals surface area contributed by atoms with Gasteiger partial charge in [0.2, 0.25) is 0 Å². The van der Waals surface area contributed by atoms with Crippen LogP contribution in [0.25, 0.3) is 0 Å². The number of hydrogen-bond acceptors (Lipinski definition) is 2. The molecule has 1 unspecified atom stereocenters. The van der Waals surface area contributed by atoms with Gasteiger partial charge in [0.1, 0.15) is 0 Å². The molecule has 1 atom stereocenters. The number of guanidine groups is 1. The third-order valence-electron chi connectivity index (χ3n) is 3.60. The zero-order valence-corrected chi connectivity index (χ0v) is 14.0. The maximum atomic E-state index is 5.45. The van der Waals surface area contributed by atoms with E-state index in [1.54, 1.807) is 0 Å². The van der Waals surface area contributed by atoms with Crippen LogP contribution >= 0.6 is 0 Å². The number of nitrogens with one attached hydrogen (secondary N) is 1. The van der Waals surface area contributed by atoms with E-state index in [2.05, 4.69) is 45.0 Å². The molecule has 20 heavy (non-hydrogen) atoms. The van der Waals surface area contributed by atoms with Crippen LogP contribution in [-0.2, 0) is 4.74 Å². The van der Waals surface area contributed by atoms with Crippen molar-refractivity contribution in [2.24, 2.45) is 16.3 Å². The van der Waals surface area contributed by atoms with Gasteiger partial charge in [-0.25, -0.2) is 0 Å². The molecule has 0 amide bonds. The lowest BCUT2D eigenvalue weighted by molar-refractivity contribution is 0.181. The fraction of sp³-hybridized carbons (Fsp3) is 0.938. The molecule has 1 saturated heterocycles. The highest BCUT2D eigenvalue weighted by Gasteiger charge is 2.19. The summed E-state index contributed by atoms with van der Waals surface area (Å²) < 4.78 is 5.45. The molecule has 0 aliphatic carbocycles. The molecule has 1 fully saturated rings. The lowest BCUT2D eigenvalue weighted by Crippen LogP contribution is -2.41. The van der Waals surface area contributed by atoms with Crippen LogP contribution in [0, 0.1) is 11.3 Å². The van der Waals surface area contributed by atoms with Crippen molar-refractivity contribution in [1.82, 2.24) is 10.2 Å². The van der Waals surface area contributed by atoms with Crippen LogP contribution in [0.1, 0.15) is 47.0 Å². The van der Waals surface area contributed by atoms with Crippen molar-refractivity contribution < 1.29 is 4.74 Å². The molecule has 1 heterocycles. The van der Waals surface area contributed by atoms with Gasteiger partial charge in [0.15, 0.2) is 5.96 Å². The molecule has 1 aliphatic rings. The lowest BCUT2D eigenvalue weighted by atomic mass is 9.91. The van der Waals surface area contributed by atoms with Crippen molar-refractivity contribution in [3.05, 3.63) is 0 Å². The van der Waals surface area contributed by atoms with Gasteiger partial charge in [0.25, 0.3) is 0 Å². The zero-order chi connectivity index (χ0) is 15.0. The Morgan fingerprint density at radius 3 is 2.70 bits per heavy atom. The third kappa shape index (κ3) is 7.13. The minimum atomic E-state index is 0.404. The Morgan fingerprint density at radius 1 is 1.40 bits per heavy atom. The maximum absolute atomic E-state index is 5.45. The number of rotatable bonds is 6. The van der Waals surface area contributed by atoms with Crippen LogP contribution in [0.5, 0.6) is 0 Å². The third-order valence-corrected chi connectivity index (χ3v) is 3.60. The van der Waals surface area contributed by atoms with Crippen molar-refractivity contribution in [3.63, 3.8) is 0 Å². The van der Waals surface area contributed by atoms with Crippen molar-refractivity contribution >= 4 is 5.96 Å². The first-order valence-electron chi connectivity index (χ1n) is 7.99. The van der Waals surface area contributed by atoms with Crippen LogP contribution in [0.2, 0.25) is 0 Å². The molecular weight excluding hydrogens is 250 g/mol. The van der Waals surface area contributed by atoms with Crippen LogP contribution in [0.4, 0.5) is 0 Å². The predicted molar refractivity (Wildman–Crippen MR) is 86.2 cm³/mol.